The van der Waals surface area contributed by atoms with Crippen molar-refractivity contribution >= 4 is 29.2 Å². The number of unbranched alkanes of at least 4 members (excludes halogenated alkanes) is 1. The number of benzene rings is 2. The van der Waals surface area contributed by atoms with Crippen LogP contribution in [-0.2, 0) is 27.2 Å². The van der Waals surface area contributed by atoms with Crippen LogP contribution in [0.4, 0.5) is 11.4 Å². The Labute approximate surface area is 164 Å². The normalized spacial score (nSPS) is 16.5. The van der Waals surface area contributed by atoms with Gasteiger partial charge in [-0.15, -0.1) is 0 Å². The first-order valence-corrected chi connectivity index (χ1v) is 9.51. The van der Waals surface area contributed by atoms with E-state index in [2.05, 4.69) is 12.2 Å². The molecule has 0 spiro atoms. The zero-order valence-corrected chi connectivity index (χ0v) is 15.9. The largest absolute Gasteiger partial charge is 0.481 e. The van der Waals surface area contributed by atoms with Crippen molar-refractivity contribution in [3.05, 3.63) is 59.7 Å². The summed E-state index contributed by atoms with van der Waals surface area (Å²) < 4.78 is 0. The number of hydrogen-bond donors (Lipinski definition) is 2. The highest BCUT2D eigenvalue weighted by Crippen LogP contribution is 2.25. The number of aliphatic carboxylic acids is 1. The number of aryl methyl sites for hydroxylation is 1. The van der Waals surface area contributed by atoms with Crippen LogP contribution in [0.25, 0.3) is 0 Å². The number of nitrogens with one attached hydrogen (secondary N) is 1. The van der Waals surface area contributed by atoms with Crippen LogP contribution in [0.5, 0.6) is 0 Å². The highest BCUT2D eigenvalue weighted by atomic mass is 16.4. The molecule has 1 atom stereocenters. The van der Waals surface area contributed by atoms with Crippen LogP contribution in [0.2, 0.25) is 0 Å². The zero-order valence-electron chi connectivity index (χ0n) is 15.9. The number of anilines is 2. The van der Waals surface area contributed by atoms with Crippen molar-refractivity contribution in [1.82, 2.24) is 0 Å². The molecule has 2 aromatic rings. The summed E-state index contributed by atoms with van der Waals surface area (Å²) in [5.74, 6) is -1.50. The van der Waals surface area contributed by atoms with E-state index in [0.29, 0.717) is 11.3 Å². The minimum atomic E-state index is -0.925. The third-order valence-corrected chi connectivity index (χ3v) is 4.81. The molecule has 146 valence electrons. The van der Waals surface area contributed by atoms with Crippen molar-refractivity contribution in [3.63, 3.8) is 0 Å². The molecule has 1 saturated heterocycles. The average Bonchev–Trinajstić information content (AvgIpc) is 2.95. The van der Waals surface area contributed by atoms with Crippen LogP contribution in [0.3, 0.4) is 0 Å². The molecule has 2 amide bonds. The smallest absolute Gasteiger partial charge is 0.307 e. The molecule has 1 unspecified atom stereocenters. The Balaban J connectivity index is 1.67. The number of imide groups is 1. The van der Waals surface area contributed by atoms with E-state index in [1.165, 1.54) is 5.56 Å². The minimum Gasteiger partial charge on any atom is -0.481 e. The lowest BCUT2D eigenvalue weighted by molar-refractivity contribution is -0.136. The molecule has 0 bridgehead atoms. The molecule has 6 heteroatoms. The predicted molar refractivity (Wildman–Crippen MR) is 107 cm³/mol. The van der Waals surface area contributed by atoms with Crippen LogP contribution in [-0.4, -0.2) is 28.9 Å². The third-order valence-electron chi connectivity index (χ3n) is 4.81. The van der Waals surface area contributed by atoms with Gasteiger partial charge >= 0.3 is 5.97 Å². The Morgan fingerprint density at radius 3 is 2.32 bits per heavy atom. The third kappa shape index (κ3) is 4.57. The van der Waals surface area contributed by atoms with Gasteiger partial charge in [-0.3, -0.25) is 14.4 Å². The summed E-state index contributed by atoms with van der Waals surface area (Å²) in [5, 5.41) is 12.0. The number of carboxylic acid groups (broad SMARTS) is 1. The molecule has 3 rings (SSSR count). The van der Waals surface area contributed by atoms with E-state index in [0.717, 1.165) is 29.8 Å². The molecule has 0 aromatic heterocycles. The molecule has 6 nitrogen and oxygen atoms in total. The maximum absolute atomic E-state index is 12.7. The van der Waals surface area contributed by atoms with Gasteiger partial charge in [-0.25, -0.2) is 4.90 Å². The Hall–Kier alpha value is -3.15. The van der Waals surface area contributed by atoms with E-state index in [1.807, 2.05) is 24.3 Å². The molecular weight excluding hydrogens is 356 g/mol. The molecule has 2 N–H and O–H groups in total. The molecule has 1 heterocycles. The molecule has 1 aliphatic heterocycles. The molecule has 1 fully saturated rings. The monoisotopic (exact) mass is 380 g/mol. The summed E-state index contributed by atoms with van der Waals surface area (Å²) in [5.41, 5.74) is 3.14. The maximum Gasteiger partial charge on any atom is 0.307 e. The summed E-state index contributed by atoms with van der Waals surface area (Å²) in [4.78, 5) is 37.1. The predicted octanol–water partition coefficient (Wildman–Crippen LogP) is 3.40. The maximum atomic E-state index is 12.7. The molecule has 0 radical (unpaired) electrons. The van der Waals surface area contributed by atoms with Gasteiger partial charge in [-0.2, -0.15) is 0 Å². The number of nitrogens with zero attached hydrogens (tertiary/aromatic N) is 1. The Bertz CT molecular complexity index is 859. The number of carbonyl (C=O) groups excluding carboxylic acids is 2. The summed E-state index contributed by atoms with van der Waals surface area (Å²) in [6.07, 6.45) is 3.31. The van der Waals surface area contributed by atoms with Crippen molar-refractivity contribution in [2.24, 2.45) is 0 Å². The van der Waals surface area contributed by atoms with Crippen LogP contribution in [0, 0.1) is 0 Å². The van der Waals surface area contributed by atoms with Gasteiger partial charge in [-0.1, -0.05) is 37.6 Å². The van der Waals surface area contributed by atoms with E-state index in [4.69, 9.17) is 5.11 Å². The topological polar surface area (TPSA) is 86.7 Å². The van der Waals surface area contributed by atoms with Gasteiger partial charge in [0.1, 0.15) is 6.04 Å². The van der Waals surface area contributed by atoms with Crippen LogP contribution in [0.1, 0.15) is 37.3 Å². The summed E-state index contributed by atoms with van der Waals surface area (Å²) in [7, 11) is 0. The van der Waals surface area contributed by atoms with E-state index < -0.39 is 12.0 Å². The van der Waals surface area contributed by atoms with E-state index in [1.54, 1.807) is 24.3 Å². The Morgan fingerprint density at radius 1 is 1.07 bits per heavy atom. The quantitative estimate of drug-likeness (QED) is 0.686. The Kier molecular flexibility index (Phi) is 6.09. The van der Waals surface area contributed by atoms with Gasteiger partial charge < -0.3 is 10.4 Å². The van der Waals surface area contributed by atoms with E-state index in [9.17, 15) is 14.4 Å². The lowest BCUT2D eigenvalue weighted by atomic mass is 10.1. The van der Waals surface area contributed by atoms with Gasteiger partial charge in [0, 0.05) is 5.69 Å². The van der Waals surface area contributed by atoms with Crippen molar-refractivity contribution in [1.29, 1.82) is 0 Å². The fraction of sp³-hybridized carbons (Fsp3) is 0.318. The fourth-order valence-electron chi connectivity index (χ4n) is 3.30. The molecule has 2 aromatic carbocycles. The summed E-state index contributed by atoms with van der Waals surface area (Å²) in [6, 6.07) is 13.8. The first-order valence-electron chi connectivity index (χ1n) is 9.51. The summed E-state index contributed by atoms with van der Waals surface area (Å²) in [6.45, 7) is 2.16. The minimum absolute atomic E-state index is 0.0906. The number of rotatable bonds is 8. The first kappa shape index (κ1) is 19.6. The summed E-state index contributed by atoms with van der Waals surface area (Å²) >= 11 is 0. The van der Waals surface area contributed by atoms with Crippen LogP contribution in [0.15, 0.2) is 48.5 Å². The number of amides is 2. The Morgan fingerprint density at radius 2 is 1.71 bits per heavy atom. The lowest BCUT2D eigenvalue weighted by Gasteiger charge is -2.16. The van der Waals surface area contributed by atoms with Gasteiger partial charge in [0.2, 0.25) is 5.91 Å². The molecule has 1 aliphatic rings. The second-order valence-corrected chi connectivity index (χ2v) is 7.01. The van der Waals surface area contributed by atoms with Crippen LogP contribution >= 0.6 is 0 Å². The lowest BCUT2D eigenvalue weighted by Crippen LogP contribution is -2.34. The van der Waals surface area contributed by atoms with Crippen molar-refractivity contribution in [3.8, 4) is 0 Å². The number of carboxylic acids is 1. The number of carbonyl (C=O) groups is 3. The second kappa shape index (κ2) is 8.69. The van der Waals surface area contributed by atoms with Crippen molar-refractivity contribution < 1.29 is 19.5 Å². The van der Waals surface area contributed by atoms with Gasteiger partial charge in [0.15, 0.2) is 0 Å². The fourth-order valence-corrected chi connectivity index (χ4v) is 3.30. The van der Waals surface area contributed by atoms with E-state index >= 15 is 0 Å². The van der Waals surface area contributed by atoms with Gasteiger partial charge in [0.05, 0.1) is 18.5 Å². The second-order valence-electron chi connectivity index (χ2n) is 7.01. The molecule has 0 saturated carbocycles. The SMILES string of the molecule is CCCCc1ccc(NC2CC(=O)N(c3ccc(CC(=O)O)cc3)C2=O)cc1. The highest BCUT2D eigenvalue weighted by Gasteiger charge is 2.39. The van der Waals surface area contributed by atoms with Crippen LogP contribution < -0.4 is 10.2 Å². The van der Waals surface area contributed by atoms with Crippen molar-refractivity contribution in [2.75, 3.05) is 10.2 Å². The molecular formula is C22H24N2O4. The standard InChI is InChI=1S/C22H24N2O4/c1-2-3-4-15-5-9-17(10-6-15)23-19-14-20(25)24(22(19)28)18-11-7-16(8-12-18)13-21(26)27/h5-12,19,23H,2-4,13-14H2,1H3,(H,26,27). The zero-order chi connectivity index (χ0) is 20.1. The molecule has 28 heavy (non-hydrogen) atoms. The first-order chi connectivity index (χ1) is 13.5. The van der Waals surface area contributed by atoms with Gasteiger partial charge in [0.25, 0.3) is 5.91 Å². The van der Waals surface area contributed by atoms with E-state index in [-0.39, 0.29) is 24.7 Å². The highest BCUT2D eigenvalue weighted by molar-refractivity contribution is 6.23. The molecule has 0 aliphatic carbocycles. The van der Waals surface area contributed by atoms with Crippen molar-refractivity contribution in [2.45, 2.75) is 45.1 Å². The number of hydrogen-bond acceptors (Lipinski definition) is 4. The van der Waals surface area contributed by atoms with Gasteiger partial charge in [-0.05, 0) is 48.2 Å². The average molecular weight is 380 g/mol.